The van der Waals surface area contributed by atoms with Gasteiger partial charge in [0.2, 0.25) is 0 Å². The number of carboxylic acids is 1. The van der Waals surface area contributed by atoms with E-state index in [1.165, 1.54) is 24.8 Å². The summed E-state index contributed by atoms with van der Waals surface area (Å²) in [5.74, 6) is 0.207. The van der Waals surface area contributed by atoms with E-state index in [0.717, 1.165) is 11.4 Å². The first kappa shape index (κ1) is 12.9. The number of nitrogens with zero attached hydrogens (tertiary/aromatic N) is 2. The van der Waals surface area contributed by atoms with Crippen molar-refractivity contribution < 1.29 is 9.90 Å². The summed E-state index contributed by atoms with van der Waals surface area (Å²) in [6.07, 6.45) is 5.40. The molecule has 4 heteroatoms. The molecule has 0 atom stereocenters. The minimum Gasteiger partial charge on any atom is -0.478 e. The van der Waals surface area contributed by atoms with Gasteiger partial charge in [0, 0.05) is 17.6 Å². The molecule has 0 radical (unpaired) electrons. The van der Waals surface area contributed by atoms with Crippen molar-refractivity contribution in [2.24, 2.45) is 0 Å². The van der Waals surface area contributed by atoms with Gasteiger partial charge in [-0.15, -0.1) is 0 Å². The van der Waals surface area contributed by atoms with E-state index in [4.69, 9.17) is 0 Å². The van der Waals surface area contributed by atoms with Gasteiger partial charge in [0.15, 0.2) is 5.82 Å². The van der Waals surface area contributed by atoms with Crippen LogP contribution in [0.3, 0.4) is 0 Å². The van der Waals surface area contributed by atoms with Gasteiger partial charge in [0.1, 0.15) is 5.56 Å². The second-order valence-electron chi connectivity index (χ2n) is 5.47. The molecule has 104 valence electrons. The van der Waals surface area contributed by atoms with Gasteiger partial charge in [-0.05, 0) is 56.4 Å². The van der Waals surface area contributed by atoms with Crippen LogP contribution in [0.4, 0.5) is 0 Å². The number of aromatic nitrogens is 2. The average molecular weight is 270 g/mol. The van der Waals surface area contributed by atoms with Crippen LogP contribution in [-0.4, -0.2) is 20.6 Å². The zero-order valence-electron chi connectivity index (χ0n) is 11.8. The average Bonchev–Trinajstić information content (AvgIpc) is 2.63. The van der Waals surface area contributed by atoms with Gasteiger partial charge in [-0.25, -0.2) is 9.78 Å². The molecule has 0 unspecified atom stereocenters. The lowest BCUT2D eigenvalue weighted by atomic mass is 9.80. The maximum absolute atomic E-state index is 11.4. The molecular weight excluding hydrogens is 252 g/mol. The summed E-state index contributed by atoms with van der Waals surface area (Å²) in [5, 5.41) is 9.33. The summed E-state index contributed by atoms with van der Waals surface area (Å²) >= 11 is 0. The van der Waals surface area contributed by atoms with Crippen molar-refractivity contribution in [3.63, 3.8) is 0 Å². The van der Waals surface area contributed by atoms with E-state index in [1.807, 2.05) is 11.5 Å². The van der Waals surface area contributed by atoms with Crippen LogP contribution in [0.2, 0.25) is 0 Å². The molecule has 4 nitrogen and oxygen atoms in total. The van der Waals surface area contributed by atoms with Crippen LogP contribution in [0.1, 0.15) is 52.5 Å². The highest BCUT2D eigenvalue weighted by atomic mass is 16.4. The molecule has 1 N–H and O–H groups in total. The van der Waals surface area contributed by atoms with Crippen molar-refractivity contribution in [2.75, 3.05) is 0 Å². The fourth-order valence-electron chi connectivity index (χ4n) is 2.99. The number of carboxylic acid groups (broad SMARTS) is 1. The molecule has 2 aromatic rings. The fraction of sp³-hybridized carbons (Fsp3) is 0.375. The second kappa shape index (κ2) is 4.78. The van der Waals surface area contributed by atoms with Gasteiger partial charge in [-0.1, -0.05) is 6.42 Å². The number of hydrogen-bond acceptors (Lipinski definition) is 2. The predicted octanol–water partition coefficient (Wildman–Crippen LogP) is 3.45. The molecule has 1 saturated carbocycles. The highest BCUT2D eigenvalue weighted by Gasteiger charge is 2.25. The van der Waals surface area contributed by atoms with Gasteiger partial charge in [0.25, 0.3) is 0 Å². The molecule has 1 aliphatic rings. The van der Waals surface area contributed by atoms with E-state index in [0.29, 0.717) is 11.7 Å². The smallest absolute Gasteiger partial charge is 0.339 e. The summed E-state index contributed by atoms with van der Waals surface area (Å²) in [5.41, 5.74) is 3.75. The molecule has 20 heavy (non-hydrogen) atoms. The van der Waals surface area contributed by atoms with Gasteiger partial charge in [0.05, 0.1) is 0 Å². The first-order valence-corrected chi connectivity index (χ1v) is 6.97. The van der Waals surface area contributed by atoms with Crippen LogP contribution >= 0.6 is 0 Å². The molecule has 0 spiro atoms. The molecule has 2 aromatic heterocycles. The Labute approximate surface area is 118 Å². The van der Waals surface area contributed by atoms with E-state index in [9.17, 15) is 9.90 Å². The molecule has 1 fully saturated rings. The Bertz CT molecular complexity index is 669. The molecule has 0 bridgehead atoms. The van der Waals surface area contributed by atoms with Crippen LogP contribution in [0.5, 0.6) is 0 Å². The number of rotatable bonds is 3. The Morgan fingerprint density at radius 2 is 2.15 bits per heavy atom. The number of aryl methyl sites for hydroxylation is 1. The van der Waals surface area contributed by atoms with Crippen LogP contribution < -0.4 is 0 Å². The van der Waals surface area contributed by atoms with Crippen molar-refractivity contribution in [2.45, 2.75) is 39.0 Å². The third-order valence-corrected chi connectivity index (χ3v) is 4.24. The number of aromatic carboxylic acids is 1. The fourth-order valence-corrected chi connectivity index (χ4v) is 2.99. The zero-order chi connectivity index (χ0) is 14.3. The van der Waals surface area contributed by atoms with Gasteiger partial charge >= 0.3 is 5.97 Å². The van der Waals surface area contributed by atoms with Crippen molar-refractivity contribution in [1.82, 2.24) is 9.55 Å². The quantitative estimate of drug-likeness (QED) is 0.929. The minimum absolute atomic E-state index is 0.245. The molecule has 0 aromatic carbocycles. The van der Waals surface area contributed by atoms with Crippen LogP contribution in [0.15, 0.2) is 24.4 Å². The second-order valence-corrected chi connectivity index (χ2v) is 5.47. The summed E-state index contributed by atoms with van der Waals surface area (Å²) < 4.78 is 1.97. The molecular formula is C16H18N2O2. The minimum atomic E-state index is -0.939. The molecule has 0 amide bonds. The topological polar surface area (TPSA) is 55.1 Å². The Kier molecular flexibility index (Phi) is 3.08. The summed E-state index contributed by atoms with van der Waals surface area (Å²) in [7, 11) is 0. The first-order chi connectivity index (χ1) is 9.59. The lowest BCUT2D eigenvalue weighted by Gasteiger charge is -2.25. The van der Waals surface area contributed by atoms with E-state index in [1.54, 1.807) is 18.3 Å². The van der Waals surface area contributed by atoms with Gasteiger partial charge in [-0.2, -0.15) is 0 Å². The van der Waals surface area contributed by atoms with Crippen LogP contribution in [0.25, 0.3) is 5.82 Å². The highest BCUT2D eigenvalue weighted by molar-refractivity contribution is 5.91. The Morgan fingerprint density at radius 3 is 2.75 bits per heavy atom. The Morgan fingerprint density at radius 1 is 1.40 bits per heavy atom. The molecule has 0 saturated heterocycles. The Hall–Kier alpha value is -2.10. The molecule has 1 aliphatic carbocycles. The van der Waals surface area contributed by atoms with Crippen molar-refractivity contribution in [3.8, 4) is 5.82 Å². The largest absolute Gasteiger partial charge is 0.478 e. The molecule has 0 aliphatic heterocycles. The number of hydrogen-bond donors (Lipinski definition) is 1. The van der Waals surface area contributed by atoms with Crippen LogP contribution in [0, 0.1) is 13.8 Å². The maximum Gasteiger partial charge on any atom is 0.339 e. The Balaban J connectivity index is 2.15. The van der Waals surface area contributed by atoms with E-state index in [2.05, 4.69) is 18.0 Å². The summed E-state index contributed by atoms with van der Waals surface area (Å²) in [4.78, 5) is 15.7. The van der Waals surface area contributed by atoms with Crippen LogP contribution in [-0.2, 0) is 0 Å². The summed E-state index contributed by atoms with van der Waals surface area (Å²) in [6, 6.07) is 5.44. The van der Waals surface area contributed by atoms with Gasteiger partial charge in [-0.3, -0.25) is 0 Å². The van der Waals surface area contributed by atoms with E-state index >= 15 is 0 Å². The third kappa shape index (κ3) is 1.92. The normalized spacial score (nSPS) is 15.1. The lowest BCUT2D eigenvalue weighted by Crippen LogP contribution is -2.12. The molecule has 2 heterocycles. The van der Waals surface area contributed by atoms with Gasteiger partial charge < -0.3 is 9.67 Å². The number of carbonyl (C=O) groups is 1. The SMILES string of the molecule is Cc1cc(C2CCC2)c(C)n1-c1ncccc1C(=O)O. The molecule has 3 rings (SSSR count). The van der Waals surface area contributed by atoms with E-state index in [-0.39, 0.29) is 5.56 Å². The van der Waals surface area contributed by atoms with E-state index < -0.39 is 5.97 Å². The zero-order valence-corrected chi connectivity index (χ0v) is 11.8. The van der Waals surface area contributed by atoms with Crippen molar-refractivity contribution in [3.05, 3.63) is 46.9 Å². The maximum atomic E-state index is 11.4. The number of pyridine rings is 1. The first-order valence-electron chi connectivity index (χ1n) is 6.97. The standard InChI is InChI=1S/C16H18N2O2/c1-10-9-14(12-5-3-6-12)11(2)18(10)15-13(16(19)20)7-4-8-17-15/h4,7-9,12H,3,5-6H2,1-2H3,(H,19,20). The van der Waals surface area contributed by atoms with Crippen molar-refractivity contribution >= 4 is 5.97 Å². The monoisotopic (exact) mass is 270 g/mol. The lowest BCUT2D eigenvalue weighted by molar-refractivity contribution is 0.0696. The van der Waals surface area contributed by atoms with Crippen molar-refractivity contribution in [1.29, 1.82) is 0 Å². The third-order valence-electron chi connectivity index (χ3n) is 4.24. The highest BCUT2D eigenvalue weighted by Crippen LogP contribution is 2.39. The summed E-state index contributed by atoms with van der Waals surface area (Å²) in [6.45, 7) is 4.07. The predicted molar refractivity (Wildman–Crippen MR) is 76.6 cm³/mol.